The van der Waals surface area contributed by atoms with Gasteiger partial charge in [-0.15, -0.1) is 0 Å². The number of ether oxygens (including phenoxy) is 2. The fraction of sp³-hybridized carbons (Fsp3) is 0.333. The fourth-order valence-electron chi connectivity index (χ4n) is 1.99. The molecule has 23 heavy (non-hydrogen) atoms. The Morgan fingerprint density at radius 3 is 2.48 bits per heavy atom. The number of anilines is 1. The Kier molecular flexibility index (Phi) is 4.89. The van der Waals surface area contributed by atoms with Gasteiger partial charge >= 0.3 is 6.09 Å². The first-order chi connectivity index (χ1) is 10.8. The van der Waals surface area contributed by atoms with Gasteiger partial charge < -0.3 is 9.47 Å². The number of rotatable bonds is 3. The van der Waals surface area contributed by atoms with E-state index in [0.717, 1.165) is 5.56 Å². The minimum Gasteiger partial charge on any atom is -0.481 e. The van der Waals surface area contributed by atoms with Gasteiger partial charge in [-0.3, -0.25) is 4.90 Å². The smallest absolute Gasteiger partial charge is 0.420 e. The van der Waals surface area contributed by atoms with Gasteiger partial charge in [0.15, 0.2) is 0 Å². The molecule has 0 spiro atoms. The highest BCUT2D eigenvalue weighted by atomic mass is 16.6. The Labute approximate surface area is 136 Å². The second-order valence-corrected chi connectivity index (χ2v) is 6.24. The van der Waals surface area contributed by atoms with E-state index >= 15 is 0 Å². The molecule has 0 aliphatic heterocycles. The van der Waals surface area contributed by atoms with Gasteiger partial charge in [-0.05, 0) is 29.2 Å². The first kappa shape index (κ1) is 16.8. The Bertz CT molecular complexity index is 693. The van der Waals surface area contributed by atoms with Crippen LogP contribution in [0.3, 0.4) is 0 Å². The summed E-state index contributed by atoms with van der Waals surface area (Å²) in [6.07, 6.45) is -0.503. The van der Waals surface area contributed by atoms with Gasteiger partial charge in [0, 0.05) is 13.1 Å². The molecule has 0 radical (unpaired) electrons. The molecule has 0 unspecified atom stereocenters. The average Bonchev–Trinajstić information content (AvgIpc) is 2.53. The molecule has 1 aromatic heterocycles. The van der Waals surface area contributed by atoms with E-state index in [9.17, 15) is 4.79 Å². The second kappa shape index (κ2) is 6.69. The van der Waals surface area contributed by atoms with Crippen molar-refractivity contribution in [3.63, 3.8) is 0 Å². The number of hydrogen-bond acceptors (Lipinski definition) is 4. The zero-order valence-corrected chi connectivity index (χ0v) is 14.2. The third-order valence-electron chi connectivity index (χ3n) is 3.44. The van der Waals surface area contributed by atoms with E-state index in [-0.39, 0.29) is 5.41 Å². The third-order valence-corrected chi connectivity index (χ3v) is 3.44. The largest absolute Gasteiger partial charge is 0.481 e. The monoisotopic (exact) mass is 314 g/mol. The minimum atomic E-state index is -0.503. The summed E-state index contributed by atoms with van der Waals surface area (Å²) in [4.78, 5) is 17.8. The topological polar surface area (TPSA) is 51.7 Å². The van der Waals surface area contributed by atoms with Crippen LogP contribution >= 0.6 is 0 Å². The normalized spacial score (nSPS) is 11.0. The molecule has 1 amide bonds. The summed E-state index contributed by atoms with van der Waals surface area (Å²) in [5.41, 5.74) is 1.09. The number of pyridine rings is 1. The van der Waals surface area contributed by atoms with Gasteiger partial charge in [-0.1, -0.05) is 39.0 Å². The Morgan fingerprint density at radius 2 is 1.83 bits per heavy atom. The number of benzene rings is 1. The van der Waals surface area contributed by atoms with Crippen LogP contribution in [0.15, 0.2) is 42.5 Å². The van der Waals surface area contributed by atoms with E-state index in [1.54, 1.807) is 31.3 Å². The molecule has 1 heterocycles. The SMILES string of the molecule is COc1cccc(N(C)C(=O)Oc2cccc(C(C)(C)C)c2)n1. The summed E-state index contributed by atoms with van der Waals surface area (Å²) in [6.45, 7) is 6.33. The number of nitrogens with zero attached hydrogens (tertiary/aromatic N) is 2. The predicted octanol–water partition coefficient (Wildman–Crippen LogP) is 4.02. The van der Waals surface area contributed by atoms with Gasteiger partial charge in [0.2, 0.25) is 5.88 Å². The maximum atomic E-state index is 12.3. The van der Waals surface area contributed by atoms with Gasteiger partial charge in [0.25, 0.3) is 0 Å². The van der Waals surface area contributed by atoms with Crippen LogP contribution < -0.4 is 14.4 Å². The molecule has 0 saturated carbocycles. The van der Waals surface area contributed by atoms with Crippen molar-refractivity contribution in [1.82, 2.24) is 4.98 Å². The van der Waals surface area contributed by atoms with Crippen LogP contribution in [-0.4, -0.2) is 25.2 Å². The highest BCUT2D eigenvalue weighted by Gasteiger charge is 2.18. The molecule has 0 bridgehead atoms. The van der Waals surface area contributed by atoms with Crippen molar-refractivity contribution in [3.8, 4) is 11.6 Å². The number of aromatic nitrogens is 1. The van der Waals surface area contributed by atoms with E-state index in [4.69, 9.17) is 9.47 Å². The zero-order valence-electron chi connectivity index (χ0n) is 14.2. The number of amides is 1. The minimum absolute atomic E-state index is 0.0112. The van der Waals surface area contributed by atoms with Crippen molar-refractivity contribution in [1.29, 1.82) is 0 Å². The molecule has 0 aliphatic rings. The van der Waals surface area contributed by atoms with Crippen molar-refractivity contribution in [2.45, 2.75) is 26.2 Å². The summed E-state index contributed by atoms with van der Waals surface area (Å²) in [5, 5.41) is 0. The lowest BCUT2D eigenvalue weighted by Crippen LogP contribution is -2.30. The highest BCUT2D eigenvalue weighted by Crippen LogP contribution is 2.26. The lowest BCUT2D eigenvalue weighted by atomic mass is 9.87. The van der Waals surface area contributed by atoms with Crippen LogP contribution in [0.1, 0.15) is 26.3 Å². The summed E-state index contributed by atoms with van der Waals surface area (Å²) in [5.74, 6) is 1.41. The molecule has 5 heteroatoms. The zero-order chi connectivity index (χ0) is 17.0. The number of carbonyl (C=O) groups excluding carboxylic acids is 1. The molecule has 1 aromatic carbocycles. The molecular weight excluding hydrogens is 292 g/mol. The molecule has 2 rings (SSSR count). The van der Waals surface area contributed by atoms with Crippen molar-refractivity contribution < 1.29 is 14.3 Å². The van der Waals surface area contributed by atoms with Crippen molar-refractivity contribution in [2.75, 3.05) is 19.1 Å². The van der Waals surface area contributed by atoms with E-state index < -0.39 is 6.09 Å². The Morgan fingerprint density at radius 1 is 1.13 bits per heavy atom. The van der Waals surface area contributed by atoms with Crippen molar-refractivity contribution in [2.24, 2.45) is 0 Å². The lowest BCUT2D eigenvalue weighted by Gasteiger charge is -2.20. The first-order valence-corrected chi connectivity index (χ1v) is 7.38. The van der Waals surface area contributed by atoms with E-state index in [1.807, 2.05) is 18.2 Å². The quantitative estimate of drug-likeness (QED) is 0.858. The van der Waals surface area contributed by atoms with Crippen LogP contribution in [-0.2, 0) is 5.41 Å². The molecule has 0 N–H and O–H groups in total. The van der Waals surface area contributed by atoms with E-state index in [1.165, 1.54) is 12.0 Å². The summed E-state index contributed by atoms with van der Waals surface area (Å²) in [6, 6.07) is 12.7. The summed E-state index contributed by atoms with van der Waals surface area (Å²) < 4.78 is 10.5. The van der Waals surface area contributed by atoms with Gasteiger partial charge in [0.05, 0.1) is 7.11 Å². The molecule has 0 aliphatic carbocycles. The van der Waals surface area contributed by atoms with Crippen LogP contribution in [0.5, 0.6) is 11.6 Å². The Hall–Kier alpha value is -2.56. The second-order valence-electron chi connectivity index (χ2n) is 6.24. The highest BCUT2D eigenvalue weighted by molar-refractivity contribution is 5.87. The maximum Gasteiger partial charge on any atom is 0.420 e. The maximum absolute atomic E-state index is 12.3. The van der Waals surface area contributed by atoms with E-state index in [0.29, 0.717) is 17.4 Å². The number of carbonyl (C=O) groups is 1. The number of methoxy groups -OCH3 is 1. The van der Waals surface area contributed by atoms with Crippen LogP contribution in [0.4, 0.5) is 10.6 Å². The summed E-state index contributed by atoms with van der Waals surface area (Å²) in [7, 11) is 3.14. The molecule has 2 aromatic rings. The van der Waals surface area contributed by atoms with Crippen molar-refractivity contribution >= 4 is 11.9 Å². The average molecular weight is 314 g/mol. The Balaban J connectivity index is 2.15. The fourth-order valence-corrected chi connectivity index (χ4v) is 1.99. The molecular formula is C18H22N2O3. The predicted molar refractivity (Wildman–Crippen MR) is 90.4 cm³/mol. The lowest BCUT2D eigenvalue weighted by molar-refractivity contribution is 0.208. The van der Waals surface area contributed by atoms with Gasteiger partial charge in [-0.25, -0.2) is 4.79 Å². The molecule has 5 nitrogen and oxygen atoms in total. The van der Waals surface area contributed by atoms with Gasteiger partial charge in [-0.2, -0.15) is 4.98 Å². The molecule has 122 valence electrons. The number of hydrogen-bond donors (Lipinski definition) is 0. The van der Waals surface area contributed by atoms with Crippen LogP contribution in [0, 0.1) is 0 Å². The van der Waals surface area contributed by atoms with Gasteiger partial charge in [0.1, 0.15) is 11.6 Å². The summed E-state index contributed by atoms with van der Waals surface area (Å²) >= 11 is 0. The molecule has 0 saturated heterocycles. The standard InChI is InChI=1S/C18H22N2O3/c1-18(2,3)13-8-6-9-14(12-13)23-17(21)20(4)15-10-7-11-16(19-15)22-5/h6-12H,1-5H3. The molecule has 0 fully saturated rings. The van der Waals surface area contributed by atoms with Crippen molar-refractivity contribution in [3.05, 3.63) is 48.0 Å². The third kappa shape index (κ3) is 4.22. The van der Waals surface area contributed by atoms with E-state index in [2.05, 4.69) is 25.8 Å². The first-order valence-electron chi connectivity index (χ1n) is 7.38. The molecule has 0 atom stereocenters. The van der Waals surface area contributed by atoms with Crippen LogP contribution in [0.2, 0.25) is 0 Å². The van der Waals surface area contributed by atoms with Crippen LogP contribution in [0.25, 0.3) is 0 Å².